The fraction of sp³-hybridized carbons (Fsp3) is 0.667. The topological polar surface area (TPSA) is 96.9 Å². The van der Waals surface area contributed by atoms with E-state index in [9.17, 15) is 9.59 Å². The minimum atomic E-state index is -0.582. The maximum absolute atomic E-state index is 12.5. The summed E-state index contributed by atoms with van der Waals surface area (Å²) in [4.78, 5) is 38.5. The summed E-state index contributed by atoms with van der Waals surface area (Å²) in [5.41, 5.74) is -0.129. The van der Waals surface area contributed by atoms with Crippen LogP contribution in [0.3, 0.4) is 0 Å². The summed E-state index contributed by atoms with van der Waals surface area (Å²) in [5.74, 6) is 1.19. The van der Waals surface area contributed by atoms with E-state index >= 15 is 0 Å². The molecule has 2 bridgehead atoms. The van der Waals surface area contributed by atoms with Crippen molar-refractivity contribution in [1.82, 2.24) is 15.0 Å². The molecule has 1 fully saturated rings. The molecule has 2 amide bonds. The molecule has 7 heteroatoms. The van der Waals surface area contributed by atoms with Gasteiger partial charge < -0.3 is 0 Å². The van der Waals surface area contributed by atoms with Crippen molar-refractivity contribution >= 4 is 23.7 Å². The third-order valence-corrected chi connectivity index (χ3v) is 5.67. The Labute approximate surface area is 166 Å². The van der Waals surface area contributed by atoms with Gasteiger partial charge in [-0.3, -0.25) is 20.2 Å². The third-order valence-electron chi connectivity index (χ3n) is 5.67. The molecule has 2 atom stereocenters. The lowest BCUT2D eigenvalue weighted by Gasteiger charge is -2.27. The van der Waals surface area contributed by atoms with E-state index in [1.807, 2.05) is 41.5 Å². The number of fused-ring (bicyclic) bond motifs is 2. The minimum absolute atomic E-state index is 0.182. The Hall–Kier alpha value is -2.31. The Bertz CT molecular complexity index is 801. The molecule has 2 unspecified atom stereocenters. The third kappa shape index (κ3) is 3.80. The Kier molecular flexibility index (Phi) is 4.84. The lowest BCUT2D eigenvalue weighted by atomic mass is 9.80. The van der Waals surface area contributed by atoms with Crippen molar-refractivity contribution in [3.8, 4) is 0 Å². The Balaban J connectivity index is 2.01. The first-order valence-electron chi connectivity index (χ1n) is 9.90. The molecule has 1 heterocycles. The van der Waals surface area contributed by atoms with E-state index in [4.69, 9.17) is 0 Å². The summed E-state index contributed by atoms with van der Waals surface area (Å²) in [6.07, 6.45) is 5.36. The van der Waals surface area contributed by atoms with Crippen molar-refractivity contribution in [3.63, 3.8) is 0 Å². The quantitative estimate of drug-likeness (QED) is 0.771. The number of amides is 2. The zero-order valence-electron chi connectivity index (χ0n) is 17.9. The highest BCUT2D eigenvalue weighted by Crippen LogP contribution is 2.54. The van der Waals surface area contributed by atoms with Crippen LogP contribution in [0.15, 0.2) is 11.6 Å². The minimum Gasteiger partial charge on any atom is -0.294 e. The maximum Gasteiger partial charge on any atom is 0.234 e. The van der Waals surface area contributed by atoms with Gasteiger partial charge in [0.2, 0.25) is 23.7 Å². The summed E-state index contributed by atoms with van der Waals surface area (Å²) in [5, 5.41) is 5.59. The standard InChI is InChI=1S/C21H31N5O2/c1-12-10-13-8-9-21(12,11-13)14-22-17(24-15(27)19(2,3)4)26-18(23-14)25-16(28)20(5,6)7/h10,13H,8-9,11H2,1-7H3,(H2,22,23,24,25,26,27,28). The van der Waals surface area contributed by atoms with Gasteiger partial charge in [-0.2, -0.15) is 15.0 Å². The van der Waals surface area contributed by atoms with E-state index in [-0.39, 0.29) is 29.1 Å². The summed E-state index contributed by atoms with van der Waals surface area (Å²) in [7, 11) is 0. The second-order valence-electron chi connectivity index (χ2n) is 10.1. The monoisotopic (exact) mass is 385 g/mol. The highest BCUT2D eigenvalue weighted by atomic mass is 16.2. The number of rotatable bonds is 3. The molecule has 28 heavy (non-hydrogen) atoms. The molecule has 7 nitrogen and oxygen atoms in total. The molecule has 3 rings (SSSR count). The summed E-state index contributed by atoms with van der Waals surface area (Å²) >= 11 is 0. The van der Waals surface area contributed by atoms with E-state index in [0.29, 0.717) is 11.7 Å². The van der Waals surface area contributed by atoms with Crippen LogP contribution >= 0.6 is 0 Å². The number of hydrogen-bond donors (Lipinski definition) is 2. The number of carbonyl (C=O) groups excluding carboxylic acids is 2. The van der Waals surface area contributed by atoms with Gasteiger partial charge in [-0.1, -0.05) is 53.2 Å². The molecule has 2 aliphatic carbocycles. The number of nitrogens with one attached hydrogen (secondary N) is 2. The van der Waals surface area contributed by atoms with Gasteiger partial charge in [0.15, 0.2) is 0 Å². The van der Waals surface area contributed by atoms with Crippen LogP contribution in [0.25, 0.3) is 0 Å². The van der Waals surface area contributed by atoms with Gasteiger partial charge in [-0.25, -0.2) is 0 Å². The van der Waals surface area contributed by atoms with Crippen LogP contribution in [-0.4, -0.2) is 26.8 Å². The number of carbonyl (C=O) groups is 2. The molecule has 1 saturated carbocycles. The van der Waals surface area contributed by atoms with Crippen molar-refractivity contribution in [2.24, 2.45) is 16.7 Å². The molecule has 0 spiro atoms. The normalized spacial score (nSPS) is 24.1. The van der Waals surface area contributed by atoms with Crippen LogP contribution in [0, 0.1) is 16.7 Å². The molecule has 1 aromatic heterocycles. The fourth-order valence-electron chi connectivity index (χ4n) is 3.76. The lowest BCUT2D eigenvalue weighted by molar-refractivity contribution is -0.123. The average Bonchev–Trinajstić information content (AvgIpc) is 3.11. The van der Waals surface area contributed by atoms with E-state index < -0.39 is 10.8 Å². The molecule has 0 saturated heterocycles. The van der Waals surface area contributed by atoms with E-state index in [1.165, 1.54) is 5.57 Å². The van der Waals surface area contributed by atoms with E-state index in [1.54, 1.807) is 0 Å². The zero-order valence-corrected chi connectivity index (χ0v) is 17.9. The number of aromatic nitrogens is 3. The molecule has 152 valence electrons. The number of hydrogen-bond acceptors (Lipinski definition) is 5. The van der Waals surface area contributed by atoms with Crippen molar-refractivity contribution in [2.45, 2.75) is 73.1 Å². The first kappa shape index (κ1) is 20.4. The fourth-order valence-corrected chi connectivity index (χ4v) is 3.76. The molecular weight excluding hydrogens is 354 g/mol. The van der Waals surface area contributed by atoms with Crippen molar-refractivity contribution in [2.75, 3.05) is 10.6 Å². The van der Waals surface area contributed by atoms with Crippen LogP contribution in [0.5, 0.6) is 0 Å². The second-order valence-corrected chi connectivity index (χ2v) is 10.1. The molecule has 0 radical (unpaired) electrons. The Morgan fingerprint density at radius 3 is 1.82 bits per heavy atom. The van der Waals surface area contributed by atoms with Gasteiger partial charge >= 0.3 is 0 Å². The van der Waals surface area contributed by atoms with Crippen molar-refractivity contribution in [3.05, 3.63) is 17.5 Å². The van der Waals surface area contributed by atoms with Gasteiger partial charge in [0, 0.05) is 10.8 Å². The average molecular weight is 386 g/mol. The van der Waals surface area contributed by atoms with Crippen molar-refractivity contribution in [1.29, 1.82) is 0 Å². The van der Waals surface area contributed by atoms with E-state index in [2.05, 4.69) is 38.6 Å². The Morgan fingerprint density at radius 2 is 1.46 bits per heavy atom. The van der Waals surface area contributed by atoms with E-state index in [0.717, 1.165) is 19.3 Å². The first-order valence-corrected chi connectivity index (χ1v) is 9.90. The molecular formula is C21H31N5O2. The van der Waals surface area contributed by atoms with Crippen LogP contribution < -0.4 is 10.6 Å². The van der Waals surface area contributed by atoms with Crippen LogP contribution in [0.2, 0.25) is 0 Å². The predicted molar refractivity (Wildman–Crippen MR) is 109 cm³/mol. The van der Waals surface area contributed by atoms with Gasteiger partial charge in [0.05, 0.1) is 5.41 Å². The summed E-state index contributed by atoms with van der Waals surface area (Å²) < 4.78 is 0. The van der Waals surface area contributed by atoms with Crippen LogP contribution in [0.4, 0.5) is 11.9 Å². The summed E-state index contributed by atoms with van der Waals surface area (Å²) in [6.45, 7) is 13.1. The summed E-state index contributed by atoms with van der Waals surface area (Å²) in [6, 6.07) is 0. The highest BCUT2D eigenvalue weighted by Gasteiger charge is 2.48. The first-order chi connectivity index (χ1) is 12.8. The molecule has 1 aromatic rings. The molecule has 0 aliphatic heterocycles. The van der Waals surface area contributed by atoms with Crippen LogP contribution in [0.1, 0.15) is 73.6 Å². The van der Waals surface area contributed by atoms with Gasteiger partial charge in [0.25, 0.3) is 0 Å². The number of allylic oxidation sites excluding steroid dienone is 2. The second kappa shape index (κ2) is 6.64. The molecule has 2 aliphatic rings. The largest absolute Gasteiger partial charge is 0.294 e. The van der Waals surface area contributed by atoms with Gasteiger partial charge in [0.1, 0.15) is 5.82 Å². The van der Waals surface area contributed by atoms with Gasteiger partial charge in [-0.15, -0.1) is 0 Å². The molecule has 2 N–H and O–H groups in total. The maximum atomic E-state index is 12.5. The van der Waals surface area contributed by atoms with Crippen molar-refractivity contribution < 1.29 is 9.59 Å². The lowest BCUT2D eigenvalue weighted by Crippen LogP contribution is -2.33. The highest BCUT2D eigenvalue weighted by molar-refractivity contribution is 5.94. The zero-order chi connectivity index (χ0) is 20.9. The Morgan fingerprint density at radius 1 is 0.964 bits per heavy atom. The number of anilines is 2. The van der Waals surface area contributed by atoms with Gasteiger partial charge in [-0.05, 0) is 32.1 Å². The number of nitrogens with zero attached hydrogens (tertiary/aromatic N) is 3. The smallest absolute Gasteiger partial charge is 0.234 e. The predicted octanol–water partition coefficient (Wildman–Crippen LogP) is 3.84. The molecule has 0 aromatic carbocycles. The SMILES string of the molecule is CC1=CC2CCC1(c1nc(NC(=O)C(C)(C)C)nc(NC(=O)C(C)(C)C)n1)C2. The van der Waals surface area contributed by atoms with Crippen LogP contribution in [-0.2, 0) is 15.0 Å².